The molecule has 7 heteroatoms. The molecular formula is C21H19Cl2N3O2. The first-order chi connectivity index (χ1) is 13.6. The largest absolute Gasteiger partial charge is 0.497 e. The van der Waals surface area contributed by atoms with Crippen LogP contribution in [0.2, 0.25) is 10.0 Å². The van der Waals surface area contributed by atoms with E-state index in [1.165, 1.54) is 0 Å². The van der Waals surface area contributed by atoms with Gasteiger partial charge in [0, 0.05) is 46.8 Å². The number of halogens is 2. The van der Waals surface area contributed by atoms with E-state index >= 15 is 0 Å². The maximum absolute atomic E-state index is 13.2. The van der Waals surface area contributed by atoms with Crippen molar-refractivity contribution in [1.82, 2.24) is 9.47 Å². The standard InChI is InChI=1S/C21H19Cl2N3O2/c1-28-16-5-2-4-15(13-16)24-21(27)26-11-10-25-9-3-6-19(25)20(26)17-8-7-14(22)12-18(17)23/h2-9,12-13,20H,10-11H2,1H3,(H,24,27)/t20-/m0/s1. The van der Waals surface area contributed by atoms with Crippen LogP contribution in [0.5, 0.6) is 5.75 Å². The molecule has 2 amide bonds. The zero-order chi connectivity index (χ0) is 19.7. The molecule has 0 spiro atoms. The molecule has 1 N–H and O–H groups in total. The lowest BCUT2D eigenvalue weighted by molar-refractivity contribution is 0.182. The number of methoxy groups -OCH3 is 1. The number of nitrogens with zero attached hydrogens (tertiary/aromatic N) is 2. The van der Waals surface area contributed by atoms with Crippen LogP contribution in [-0.2, 0) is 6.54 Å². The SMILES string of the molecule is COc1cccc(NC(=O)N2CCn3cccc3[C@@H]2c2ccc(Cl)cc2Cl)c1. The average molecular weight is 416 g/mol. The molecule has 0 saturated heterocycles. The van der Waals surface area contributed by atoms with Crippen molar-refractivity contribution >= 4 is 34.9 Å². The van der Waals surface area contributed by atoms with Crippen molar-refractivity contribution in [3.8, 4) is 5.75 Å². The Hall–Kier alpha value is -2.63. The van der Waals surface area contributed by atoms with E-state index in [1.54, 1.807) is 30.2 Å². The molecule has 0 saturated carbocycles. The van der Waals surface area contributed by atoms with Crippen molar-refractivity contribution in [1.29, 1.82) is 0 Å². The summed E-state index contributed by atoms with van der Waals surface area (Å²) >= 11 is 12.6. The third kappa shape index (κ3) is 3.55. The second-order valence-electron chi connectivity index (χ2n) is 6.55. The molecule has 0 bridgehead atoms. The number of hydrogen-bond donors (Lipinski definition) is 1. The summed E-state index contributed by atoms with van der Waals surface area (Å²) in [5.41, 5.74) is 2.52. The Morgan fingerprint density at radius 1 is 1.11 bits per heavy atom. The van der Waals surface area contributed by atoms with E-state index in [-0.39, 0.29) is 12.1 Å². The highest BCUT2D eigenvalue weighted by Gasteiger charge is 2.33. The highest BCUT2D eigenvalue weighted by Crippen LogP contribution is 2.37. The quantitative estimate of drug-likeness (QED) is 0.618. The van der Waals surface area contributed by atoms with Gasteiger partial charge in [-0.3, -0.25) is 0 Å². The van der Waals surface area contributed by atoms with Gasteiger partial charge >= 0.3 is 6.03 Å². The van der Waals surface area contributed by atoms with E-state index < -0.39 is 0 Å². The molecule has 1 aromatic heterocycles. The van der Waals surface area contributed by atoms with E-state index in [2.05, 4.69) is 9.88 Å². The third-order valence-electron chi connectivity index (χ3n) is 4.88. The molecule has 0 unspecified atom stereocenters. The van der Waals surface area contributed by atoms with E-state index in [4.69, 9.17) is 27.9 Å². The Labute approximate surface area is 173 Å². The number of benzene rings is 2. The molecule has 2 heterocycles. The van der Waals surface area contributed by atoms with Gasteiger partial charge in [0.05, 0.1) is 7.11 Å². The topological polar surface area (TPSA) is 46.5 Å². The number of ether oxygens (including phenoxy) is 1. The number of amides is 2. The number of hydrogen-bond acceptors (Lipinski definition) is 2. The fraction of sp³-hybridized carbons (Fsp3) is 0.190. The van der Waals surface area contributed by atoms with Crippen LogP contribution in [0, 0.1) is 0 Å². The first-order valence-electron chi connectivity index (χ1n) is 8.88. The molecule has 1 aliphatic rings. The van der Waals surface area contributed by atoms with Gasteiger partial charge in [-0.25, -0.2) is 4.79 Å². The lowest BCUT2D eigenvalue weighted by Gasteiger charge is -2.37. The third-order valence-corrected chi connectivity index (χ3v) is 5.44. The molecule has 0 aliphatic carbocycles. The number of urea groups is 1. The first-order valence-corrected chi connectivity index (χ1v) is 9.64. The van der Waals surface area contributed by atoms with E-state index in [1.807, 2.05) is 42.6 Å². The van der Waals surface area contributed by atoms with Crippen LogP contribution in [0.25, 0.3) is 0 Å². The van der Waals surface area contributed by atoms with Gasteiger partial charge in [0.25, 0.3) is 0 Å². The second-order valence-corrected chi connectivity index (χ2v) is 7.39. The second kappa shape index (κ2) is 7.78. The molecule has 5 nitrogen and oxygen atoms in total. The van der Waals surface area contributed by atoms with Gasteiger partial charge in [-0.1, -0.05) is 35.3 Å². The molecule has 3 aromatic rings. The lowest BCUT2D eigenvalue weighted by Crippen LogP contribution is -2.44. The van der Waals surface area contributed by atoms with Gasteiger partial charge in [-0.05, 0) is 42.0 Å². The molecule has 0 radical (unpaired) electrons. The van der Waals surface area contributed by atoms with Crippen molar-refractivity contribution in [2.24, 2.45) is 0 Å². The smallest absolute Gasteiger partial charge is 0.322 e. The van der Waals surface area contributed by atoms with Crippen LogP contribution < -0.4 is 10.1 Å². The summed E-state index contributed by atoms with van der Waals surface area (Å²) in [6.07, 6.45) is 2.02. The van der Waals surface area contributed by atoms with Gasteiger partial charge in [0.15, 0.2) is 0 Å². The summed E-state index contributed by atoms with van der Waals surface area (Å²) in [6, 6.07) is 16.2. The van der Waals surface area contributed by atoms with Crippen LogP contribution in [0.15, 0.2) is 60.8 Å². The van der Waals surface area contributed by atoms with Crippen LogP contribution >= 0.6 is 23.2 Å². The van der Waals surface area contributed by atoms with Crippen molar-refractivity contribution in [2.75, 3.05) is 19.0 Å². The monoisotopic (exact) mass is 415 g/mol. The number of nitrogens with one attached hydrogen (secondary N) is 1. The molecule has 1 atom stereocenters. The van der Waals surface area contributed by atoms with Crippen LogP contribution in [-0.4, -0.2) is 29.2 Å². The van der Waals surface area contributed by atoms with Crippen LogP contribution in [0.1, 0.15) is 17.3 Å². The highest BCUT2D eigenvalue weighted by atomic mass is 35.5. The zero-order valence-electron chi connectivity index (χ0n) is 15.2. The minimum atomic E-state index is -0.306. The number of carbonyl (C=O) groups is 1. The normalized spacial score (nSPS) is 15.8. The Morgan fingerprint density at radius 3 is 2.75 bits per heavy atom. The molecule has 1 aliphatic heterocycles. The van der Waals surface area contributed by atoms with Crippen LogP contribution in [0.4, 0.5) is 10.5 Å². The molecule has 144 valence electrons. The molecule has 0 fully saturated rings. The maximum Gasteiger partial charge on any atom is 0.322 e. The van der Waals surface area contributed by atoms with Gasteiger partial charge in [0.1, 0.15) is 11.8 Å². The van der Waals surface area contributed by atoms with Crippen LogP contribution in [0.3, 0.4) is 0 Å². The van der Waals surface area contributed by atoms with E-state index in [9.17, 15) is 4.79 Å². The van der Waals surface area contributed by atoms with Crippen molar-refractivity contribution in [2.45, 2.75) is 12.6 Å². The Bertz CT molecular complexity index is 1020. The summed E-state index contributed by atoms with van der Waals surface area (Å²) in [5.74, 6) is 0.683. The fourth-order valence-electron chi connectivity index (χ4n) is 3.55. The molecule has 2 aromatic carbocycles. The summed E-state index contributed by atoms with van der Waals surface area (Å²) < 4.78 is 7.38. The number of fused-ring (bicyclic) bond motifs is 1. The number of carbonyl (C=O) groups excluding carboxylic acids is 1. The summed E-state index contributed by atoms with van der Waals surface area (Å²) in [6.45, 7) is 1.27. The van der Waals surface area contributed by atoms with Gasteiger partial charge in [0.2, 0.25) is 0 Å². The molecule has 4 rings (SSSR count). The van der Waals surface area contributed by atoms with Crippen molar-refractivity contribution < 1.29 is 9.53 Å². The molecular weight excluding hydrogens is 397 g/mol. The van der Waals surface area contributed by atoms with E-state index in [0.29, 0.717) is 28.0 Å². The summed E-state index contributed by atoms with van der Waals surface area (Å²) in [4.78, 5) is 15.0. The highest BCUT2D eigenvalue weighted by molar-refractivity contribution is 6.35. The van der Waals surface area contributed by atoms with Gasteiger partial charge in [-0.2, -0.15) is 0 Å². The lowest BCUT2D eigenvalue weighted by atomic mass is 10.00. The number of anilines is 1. The summed E-state index contributed by atoms with van der Waals surface area (Å²) in [5, 5.41) is 4.06. The van der Waals surface area contributed by atoms with Crippen molar-refractivity contribution in [3.05, 3.63) is 82.1 Å². The van der Waals surface area contributed by atoms with E-state index in [0.717, 1.165) is 17.8 Å². The zero-order valence-corrected chi connectivity index (χ0v) is 16.7. The Morgan fingerprint density at radius 2 is 1.96 bits per heavy atom. The molecule has 28 heavy (non-hydrogen) atoms. The van der Waals surface area contributed by atoms with Gasteiger partial charge in [-0.15, -0.1) is 0 Å². The minimum Gasteiger partial charge on any atom is -0.497 e. The summed E-state index contributed by atoms with van der Waals surface area (Å²) in [7, 11) is 1.60. The minimum absolute atomic E-state index is 0.197. The number of rotatable bonds is 3. The number of aromatic nitrogens is 1. The Kier molecular flexibility index (Phi) is 5.20. The average Bonchev–Trinajstić information content (AvgIpc) is 3.16. The predicted molar refractivity (Wildman–Crippen MR) is 111 cm³/mol. The van der Waals surface area contributed by atoms with Crippen molar-refractivity contribution in [3.63, 3.8) is 0 Å². The maximum atomic E-state index is 13.2. The van der Waals surface area contributed by atoms with Gasteiger partial charge < -0.3 is 19.5 Å². The fourth-order valence-corrected chi connectivity index (χ4v) is 4.06. The Balaban J connectivity index is 1.69. The predicted octanol–water partition coefficient (Wildman–Crippen LogP) is 5.44. The first kappa shape index (κ1) is 18.7.